The second-order valence-electron chi connectivity index (χ2n) is 4.87. The second-order valence-corrected chi connectivity index (χ2v) is 5.79. The molecule has 108 valence electrons. The molecule has 3 nitrogen and oxygen atoms in total. The lowest BCUT2D eigenvalue weighted by Crippen LogP contribution is -2.45. The van der Waals surface area contributed by atoms with Crippen LogP contribution in [0.1, 0.15) is 25.3 Å². The quantitative estimate of drug-likeness (QED) is 0.775. The molecule has 0 aromatic heterocycles. The average molecular weight is 338 g/mol. The highest BCUT2D eigenvalue weighted by Crippen LogP contribution is 2.26. The van der Waals surface area contributed by atoms with E-state index < -0.39 is 0 Å². The topological polar surface area (TPSA) is 30.5 Å². The number of halogens is 1. The molecule has 0 spiro atoms. The molecule has 4 heteroatoms. The predicted octanol–water partition coefficient (Wildman–Crippen LogP) is 3.12. The summed E-state index contributed by atoms with van der Waals surface area (Å²) in [5, 5.41) is 3.54. The molecule has 1 saturated carbocycles. The van der Waals surface area contributed by atoms with Gasteiger partial charge in [0, 0.05) is 29.2 Å². The zero-order chi connectivity index (χ0) is 14.4. The van der Waals surface area contributed by atoms with Crippen molar-refractivity contribution in [1.82, 2.24) is 5.32 Å². The average Bonchev–Trinajstić information content (AvgIpc) is 2.40. The summed E-state index contributed by atoms with van der Waals surface area (Å²) in [6, 6.07) is 6.51. The van der Waals surface area contributed by atoms with E-state index in [1.54, 1.807) is 0 Å². The Hall–Kier alpha value is -1.02. The van der Waals surface area contributed by atoms with Crippen molar-refractivity contribution in [2.75, 3.05) is 13.2 Å². The highest BCUT2D eigenvalue weighted by molar-refractivity contribution is 9.10. The van der Waals surface area contributed by atoms with Crippen molar-refractivity contribution in [3.05, 3.63) is 28.2 Å². The third-order valence-electron chi connectivity index (χ3n) is 3.41. The van der Waals surface area contributed by atoms with E-state index in [0.717, 1.165) is 41.8 Å². The second kappa shape index (κ2) is 7.68. The Morgan fingerprint density at radius 2 is 2.25 bits per heavy atom. The van der Waals surface area contributed by atoms with Gasteiger partial charge in [-0.05, 0) is 38.0 Å². The number of hydrogen-bond acceptors (Lipinski definition) is 3. The van der Waals surface area contributed by atoms with Crippen molar-refractivity contribution in [3.63, 3.8) is 0 Å². The van der Waals surface area contributed by atoms with Gasteiger partial charge in [0.05, 0.1) is 6.10 Å². The normalized spacial score (nSPS) is 21.1. The molecule has 0 aliphatic heterocycles. The molecule has 0 heterocycles. The molecule has 0 amide bonds. The summed E-state index contributed by atoms with van der Waals surface area (Å²) in [5.74, 6) is 3.34. The molecule has 0 radical (unpaired) electrons. The van der Waals surface area contributed by atoms with Gasteiger partial charge < -0.3 is 14.8 Å². The minimum Gasteiger partial charge on any atom is -0.481 e. The Morgan fingerprint density at radius 1 is 1.45 bits per heavy atom. The largest absolute Gasteiger partial charge is 0.481 e. The SMILES string of the molecule is C#CCOc1ccc(Br)cc1CNC1CC(OCC)C1. The summed E-state index contributed by atoms with van der Waals surface area (Å²) >= 11 is 3.49. The van der Waals surface area contributed by atoms with E-state index in [2.05, 4.69) is 33.2 Å². The van der Waals surface area contributed by atoms with Crippen LogP contribution in [0.25, 0.3) is 0 Å². The Kier molecular flexibility index (Phi) is 5.90. The lowest BCUT2D eigenvalue weighted by atomic mass is 9.89. The van der Waals surface area contributed by atoms with Crippen LogP contribution in [-0.2, 0) is 11.3 Å². The molecule has 0 atom stereocenters. The maximum atomic E-state index is 5.56. The van der Waals surface area contributed by atoms with Crippen molar-refractivity contribution in [1.29, 1.82) is 0 Å². The standard InChI is InChI=1S/C16H20BrNO2/c1-3-7-20-16-6-5-13(17)8-12(16)11-18-14-9-15(10-14)19-4-2/h1,5-6,8,14-15,18H,4,7,9-11H2,2H3. The number of hydrogen-bond donors (Lipinski definition) is 1. The van der Waals surface area contributed by atoms with E-state index in [0.29, 0.717) is 18.8 Å². The maximum Gasteiger partial charge on any atom is 0.148 e. The Balaban J connectivity index is 1.86. The fourth-order valence-electron chi connectivity index (χ4n) is 2.30. The third kappa shape index (κ3) is 4.24. The molecule has 20 heavy (non-hydrogen) atoms. The number of terminal acetylenes is 1. The van der Waals surface area contributed by atoms with Crippen molar-refractivity contribution in [2.45, 2.75) is 38.5 Å². The van der Waals surface area contributed by atoms with E-state index in [1.165, 1.54) is 0 Å². The number of nitrogens with one attached hydrogen (secondary N) is 1. The van der Waals surface area contributed by atoms with Crippen LogP contribution in [0.4, 0.5) is 0 Å². The lowest BCUT2D eigenvalue weighted by Gasteiger charge is -2.35. The molecule has 1 aromatic carbocycles. The van der Waals surface area contributed by atoms with E-state index in [1.807, 2.05) is 19.1 Å². The van der Waals surface area contributed by atoms with Crippen LogP contribution >= 0.6 is 15.9 Å². The molecule has 0 bridgehead atoms. The van der Waals surface area contributed by atoms with Gasteiger partial charge in [-0.15, -0.1) is 6.42 Å². The molecule has 1 aromatic rings. The minimum absolute atomic E-state index is 0.296. The lowest BCUT2D eigenvalue weighted by molar-refractivity contribution is -0.0102. The molecule has 1 aliphatic carbocycles. The van der Waals surface area contributed by atoms with Crippen molar-refractivity contribution >= 4 is 15.9 Å². The van der Waals surface area contributed by atoms with Crippen LogP contribution in [0.3, 0.4) is 0 Å². The van der Waals surface area contributed by atoms with E-state index in [4.69, 9.17) is 15.9 Å². The van der Waals surface area contributed by atoms with Crippen molar-refractivity contribution < 1.29 is 9.47 Å². The Bertz CT molecular complexity index is 478. The number of ether oxygens (including phenoxy) is 2. The highest BCUT2D eigenvalue weighted by atomic mass is 79.9. The van der Waals surface area contributed by atoms with Gasteiger partial charge >= 0.3 is 0 Å². The zero-order valence-electron chi connectivity index (χ0n) is 11.7. The van der Waals surface area contributed by atoms with Crippen molar-refractivity contribution in [2.24, 2.45) is 0 Å². The zero-order valence-corrected chi connectivity index (χ0v) is 13.3. The monoisotopic (exact) mass is 337 g/mol. The van der Waals surface area contributed by atoms with Gasteiger partial charge in [0.2, 0.25) is 0 Å². The molecule has 1 aliphatic rings. The molecular weight excluding hydrogens is 318 g/mol. The van der Waals surface area contributed by atoms with E-state index in [9.17, 15) is 0 Å². The summed E-state index contributed by atoms with van der Waals surface area (Å²) in [5.41, 5.74) is 1.12. The first kappa shape index (κ1) is 15.4. The van der Waals surface area contributed by atoms with Gasteiger partial charge in [0.15, 0.2) is 0 Å². The first-order valence-electron chi connectivity index (χ1n) is 6.92. The van der Waals surface area contributed by atoms with Crippen molar-refractivity contribution in [3.8, 4) is 18.1 Å². The first-order valence-corrected chi connectivity index (χ1v) is 7.72. The van der Waals surface area contributed by atoms with Gasteiger partial charge in [-0.25, -0.2) is 0 Å². The van der Waals surface area contributed by atoms with Gasteiger partial charge in [0.25, 0.3) is 0 Å². The van der Waals surface area contributed by atoms with Gasteiger partial charge in [-0.1, -0.05) is 21.9 Å². The smallest absolute Gasteiger partial charge is 0.148 e. The first-order chi connectivity index (χ1) is 9.72. The summed E-state index contributed by atoms with van der Waals surface area (Å²) < 4.78 is 12.2. The van der Waals surface area contributed by atoms with E-state index >= 15 is 0 Å². The number of rotatable bonds is 7. The minimum atomic E-state index is 0.296. The highest BCUT2D eigenvalue weighted by Gasteiger charge is 2.29. The van der Waals surface area contributed by atoms with Crippen LogP contribution in [0.5, 0.6) is 5.75 Å². The Morgan fingerprint density at radius 3 is 2.95 bits per heavy atom. The van der Waals surface area contributed by atoms with Gasteiger partial charge in [-0.2, -0.15) is 0 Å². The van der Waals surface area contributed by atoms with Gasteiger partial charge in [-0.3, -0.25) is 0 Å². The number of benzene rings is 1. The van der Waals surface area contributed by atoms with Gasteiger partial charge in [0.1, 0.15) is 12.4 Å². The summed E-state index contributed by atoms with van der Waals surface area (Å²) in [6.07, 6.45) is 7.84. The van der Waals surface area contributed by atoms with Crippen LogP contribution in [0, 0.1) is 12.3 Å². The molecular formula is C16H20BrNO2. The molecule has 1 N–H and O–H groups in total. The molecule has 2 rings (SSSR count). The van der Waals surface area contributed by atoms with Crippen LogP contribution in [0.15, 0.2) is 22.7 Å². The van der Waals surface area contributed by atoms with Crippen LogP contribution < -0.4 is 10.1 Å². The third-order valence-corrected chi connectivity index (χ3v) is 3.91. The molecule has 0 saturated heterocycles. The Labute approximate surface area is 129 Å². The fourth-order valence-corrected chi connectivity index (χ4v) is 2.71. The molecule has 1 fully saturated rings. The summed E-state index contributed by atoms with van der Waals surface area (Å²) in [7, 11) is 0. The maximum absolute atomic E-state index is 5.56. The summed E-state index contributed by atoms with van der Waals surface area (Å²) in [4.78, 5) is 0. The van der Waals surface area contributed by atoms with Crippen LogP contribution in [-0.4, -0.2) is 25.4 Å². The summed E-state index contributed by atoms with van der Waals surface area (Å²) in [6.45, 7) is 3.91. The fraction of sp³-hybridized carbons (Fsp3) is 0.500. The predicted molar refractivity (Wildman–Crippen MR) is 83.7 cm³/mol. The van der Waals surface area contributed by atoms with Crippen LogP contribution in [0.2, 0.25) is 0 Å². The molecule has 0 unspecified atom stereocenters. The van der Waals surface area contributed by atoms with E-state index in [-0.39, 0.29) is 0 Å².